The molecule has 0 aromatic rings. The first-order valence-electron chi connectivity index (χ1n) is 4.21. The van der Waals surface area contributed by atoms with Crippen LogP contribution in [0.25, 0.3) is 0 Å². The van der Waals surface area contributed by atoms with Crippen LogP contribution in [0.3, 0.4) is 0 Å². The number of rotatable bonds is 0. The van der Waals surface area contributed by atoms with E-state index in [4.69, 9.17) is 5.11 Å². The Morgan fingerprint density at radius 1 is 1.55 bits per heavy atom. The molecule has 11 heavy (non-hydrogen) atoms. The third-order valence-corrected chi connectivity index (χ3v) is 2.56. The molecule has 64 valence electrons. The molecule has 0 saturated carbocycles. The van der Waals surface area contributed by atoms with Crippen molar-refractivity contribution in [3.8, 4) is 0 Å². The highest BCUT2D eigenvalue weighted by atomic mass is 16.2. The molecule has 1 aliphatic rings. The lowest BCUT2D eigenvalue weighted by Crippen LogP contribution is -2.35. The van der Waals surface area contributed by atoms with E-state index < -0.39 is 0 Å². The number of aliphatic hydroxyl groups is 1. The lowest BCUT2D eigenvalue weighted by Gasteiger charge is -2.36. The van der Waals surface area contributed by atoms with Crippen LogP contribution >= 0.6 is 0 Å². The Balaban J connectivity index is 2.67. The molecule has 2 nitrogen and oxygen atoms in total. The second-order valence-electron chi connectivity index (χ2n) is 3.63. The summed E-state index contributed by atoms with van der Waals surface area (Å²) in [4.78, 5) is 2.15. The molecule has 2 heteroatoms. The molecule has 0 spiro atoms. The normalized spacial score (nSPS) is 36.3. The highest BCUT2D eigenvalue weighted by Crippen LogP contribution is 2.27. The number of allylic oxidation sites excluding steroid dienone is 1. The number of nitrogens with zero attached hydrogens (tertiary/aromatic N) is 1. The predicted molar refractivity (Wildman–Crippen MR) is 46.3 cm³/mol. The topological polar surface area (TPSA) is 23.5 Å². The molecule has 2 unspecified atom stereocenters. The molecular formula is C9H17NO. The molecule has 2 atom stereocenters. The van der Waals surface area contributed by atoms with Gasteiger partial charge in [0.15, 0.2) is 0 Å². The molecule has 1 heterocycles. The maximum atomic E-state index is 8.89. The van der Waals surface area contributed by atoms with Crippen LogP contribution in [0.5, 0.6) is 0 Å². The summed E-state index contributed by atoms with van der Waals surface area (Å²) in [5.74, 6) is 0.708. The molecule has 0 aliphatic carbocycles. The van der Waals surface area contributed by atoms with Gasteiger partial charge in [0.1, 0.15) is 0 Å². The van der Waals surface area contributed by atoms with E-state index in [1.54, 1.807) is 0 Å². The van der Waals surface area contributed by atoms with Crippen molar-refractivity contribution >= 4 is 0 Å². The largest absolute Gasteiger partial charge is 0.514 e. The molecule has 1 rings (SSSR count). The fraction of sp³-hybridized carbons (Fsp3) is 0.778. The molecule has 1 N–H and O–H groups in total. The summed E-state index contributed by atoms with van der Waals surface area (Å²) in [5.41, 5.74) is 1.07. The Labute approximate surface area is 68.5 Å². The Bertz CT molecular complexity index is 165. The van der Waals surface area contributed by atoms with Crippen molar-refractivity contribution in [1.29, 1.82) is 0 Å². The summed E-state index contributed by atoms with van der Waals surface area (Å²) < 4.78 is 0. The van der Waals surface area contributed by atoms with Gasteiger partial charge in [-0.1, -0.05) is 6.92 Å². The predicted octanol–water partition coefficient (Wildman–Crippen LogP) is 2.14. The van der Waals surface area contributed by atoms with E-state index in [-0.39, 0.29) is 0 Å². The minimum atomic E-state index is 0.567. The molecule has 1 aliphatic heterocycles. The smallest absolute Gasteiger partial charge is 0.0983 e. The van der Waals surface area contributed by atoms with Gasteiger partial charge in [0.05, 0.1) is 6.26 Å². The van der Waals surface area contributed by atoms with Crippen molar-refractivity contribution in [1.82, 2.24) is 4.90 Å². The SMILES string of the molecule is CC1C/C(=C\O)N(C)C(C)C1. The van der Waals surface area contributed by atoms with Crippen LogP contribution in [0.1, 0.15) is 26.7 Å². The van der Waals surface area contributed by atoms with Crippen molar-refractivity contribution in [2.45, 2.75) is 32.7 Å². The van der Waals surface area contributed by atoms with E-state index >= 15 is 0 Å². The molecule has 1 fully saturated rings. The number of likely N-dealkylation sites (tertiary alicyclic amines) is 1. The van der Waals surface area contributed by atoms with E-state index in [1.807, 2.05) is 7.05 Å². The second kappa shape index (κ2) is 3.16. The van der Waals surface area contributed by atoms with Crippen molar-refractivity contribution in [2.24, 2.45) is 5.92 Å². The van der Waals surface area contributed by atoms with Crippen LogP contribution in [-0.4, -0.2) is 23.1 Å². The van der Waals surface area contributed by atoms with Gasteiger partial charge in [-0.3, -0.25) is 0 Å². The Kier molecular flexibility index (Phi) is 2.42. The monoisotopic (exact) mass is 155 g/mol. The lowest BCUT2D eigenvalue weighted by atomic mass is 9.92. The van der Waals surface area contributed by atoms with Crippen molar-refractivity contribution in [3.63, 3.8) is 0 Å². The van der Waals surface area contributed by atoms with Crippen LogP contribution in [0.15, 0.2) is 12.0 Å². The average molecular weight is 155 g/mol. The first-order chi connectivity index (χ1) is 5.15. The zero-order valence-corrected chi connectivity index (χ0v) is 7.54. The van der Waals surface area contributed by atoms with Crippen LogP contribution in [-0.2, 0) is 0 Å². The minimum Gasteiger partial charge on any atom is -0.514 e. The van der Waals surface area contributed by atoms with Gasteiger partial charge in [-0.05, 0) is 25.7 Å². The zero-order valence-electron chi connectivity index (χ0n) is 7.54. The second-order valence-corrected chi connectivity index (χ2v) is 3.63. The lowest BCUT2D eigenvalue weighted by molar-refractivity contribution is 0.205. The molecule has 0 bridgehead atoms. The van der Waals surface area contributed by atoms with E-state index in [9.17, 15) is 0 Å². The third kappa shape index (κ3) is 1.67. The van der Waals surface area contributed by atoms with Gasteiger partial charge < -0.3 is 10.0 Å². The maximum Gasteiger partial charge on any atom is 0.0983 e. The van der Waals surface area contributed by atoms with Crippen molar-refractivity contribution < 1.29 is 5.11 Å². The fourth-order valence-electron chi connectivity index (χ4n) is 1.75. The Morgan fingerprint density at radius 3 is 2.73 bits per heavy atom. The van der Waals surface area contributed by atoms with Crippen LogP contribution in [0.2, 0.25) is 0 Å². The minimum absolute atomic E-state index is 0.567. The fourth-order valence-corrected chi connectivity index (χ4v) is 1.75. The summed E-state index contributed by atoms with van der Waals surface area (Å²) >= 11 is 0. The average Bonchev–Trinajstić information content (AvgIpc) is 1.96. The Morgan fingerprint density at radius 2 is 2.18 bits per heavy atom. The summed E-state index contributed by atoms with van der Waals surface area (Å²) in [5, 5.41) is 8.89. The van der Waals surface area contributed by atoms with Crippen LogP contribution < -0.4 is 0 Å². The molecular weight excluding hydrogens is 138 g/mol. The summed E-state index contributed by atoms with van der Waals surface area (Å²) in [6.45, 7) is 4.42. The van der Waals surface area contributed by atoms with Gasteiger partial charge in [-0.15, -0.1) is 0 Å². The molecule has 0 aromatic carbocycles. The Hall–Kier alpha value is -0.660. The number of aliphatic hydroxyl groups excluding tert-OH is 1. The standard InChI is InChI=1S/C9H17NO/c1-7-4-8(2)10(3)9(5-7)6-11/h6-8,11H,4-5H2,1-3H3/b9-6+. The third-order valence-electron chi connectivity index (χ3n) is 2.56. The molecule has 0 aromatic heterocycles. The molecule has 0 amide bonds. The van der Waals surface area contributed by atoms with E-state index in [2.05, 4.69) is 18.7 Å². The first kappa shape index (κ1) is 8.44. The van der Waals surface area contributed by atoms with Gasteiger partial charge in [0.25, 0.3) is 0 Å². The number of hydrogen-bond donors (Lipinski definition) is 1. The highest BCUT2D eigenvalue weighted by Gasteiger charge is 2.22. The van der Waals surface area contributed by atoms with Gasteiger partial charge in [-0.2, -0.15) is 0 Å². The van der Waals surface area contributed by atoms with E-state index in [1.165, 1.54) is 12.7 Å². The van der Waals surface area contributed by atoms with Gasteiger partial charge >= 0.3 is 0 Å². The van der Waals surface area contributed by atoms with Crippen LogP contribution in [0, 0.1) is 5.92 Å². The van der Waals surface area contributed by atoms with Crippen molar-refractivity contribution in [2.75, 3.05) is 7.05 Å². The van der Waals surface area contributed by atoms with Gasteiger partial charge in [0.2, 0.25) is 0 Å². The summed E-state index contributed by atoms with van der Waals surface area (Å²) in [6, 6.07) is 0.567. The quantitative estimate of drug-likeness (QED) is 0.542. The zero-order chi connectivity index (χ0) is 8.43. The number of hydrogen-bond acceptors (Lipinski definition) is 2. The number of piperidine rings is 1. The molecule has 1 saturated heterocycles. The van der Waals surface area contributed by atoms with E-state index in [0.29, 0.717) is 12.0 Å². The first-order valence-corrected chi connectivity index (χ1v) is 4.21. The van der Waals surface area contributed by atoms with Gasteiger partial charge in [-0.25, -0.2) is 0 Å². The summed E-state index contributed by atoms with van der Waals surface area (Å²) in [7, 11) is 2.04. The summed E-state index contributed by atoms with van der Waals surface area (Å²) in [6.07, 6.45) is 3.48. The van der Waals surface area contributed by atoms with Crippen molar-refractivity contribution in [3.05, 3.63) is 12.0 Å². The van der Waals surface area contributed by atoms with Crippen LogP contribution in [0.4, 0.5) is 0 Å². The molecule has 0 radical (unpaired) electrons. The highest BCUT2D eigenvalue weighted by molar-refractivity contribution is 5.02. The van der Waals surface area contributed by atoms with E-state index in [0.717, 1.165) is 12.1 Å². The van der Waals surface area contributed by atoms with Gasteiger partial charge in [0, 0.05) is 18.8 Å². The maximum absolute atomic E-state index is 8.89.